The van der Waals surface area contributed by atoms with Gasteiger partial charge in [0, 0.05) is 5.69 Å². The van der Waals surface area contributed by atoms with Gasteiger partial charge in [0.25, 0.3) is 0 Å². The summed E-state index contributed by atoms with van der Waals surface area (Å²) in [6.07, 6.45) is 8.50. The maximum atomic E-state index is 5.15. The van der Waals surface area contributed by atoms with Crippen LogP contribution < -0.4 is 0 Å². The van der Waals surface area contributed by atoms with Gasteiger partial charge in [0.05, 0.1) is 0 Å². The molecule has 0 bridgehead atoms. The van der Waals surface area contributed by atoms with E-state index in [2.05, 4.69) is 97.4 Å². The average molecular weight is 465 g/mol. The van der Waals surface area contributed by atoms with Crippen molar-refractivity contribution >= 4 is 30.2 Å². The number of rotatable bonds is 7. The second-order valence-electron chi connectivity index (χ2n) is 10.1. The summed E-state index contributed by atoms with van der Waals surface area (Å²) in [4.78, 5) is 12.4. The zero-order valence-corrected chi connectivity index (χ0v) is 23.1. The van der Waals surface area contributed by atoms with E-state index in [-0.39, 0.29) is 0 Å². The first-order chi connectivity index (χ1) is 16.7. The minimum absolute atomic E-state index is 0.840. The Bertz CT molecular complexity index is 1360. The van der Waals surface area contributed by atoms with Gasteiger partial charge in [-0.2, -0.15) is 0 Å². The van der Waals surface area contributed by atoms with E-state index in [0.717, 1.165) is 37.1 Å². The summed E-state index contributed by atoms with van der Waals surface area (Å²) in [5, 5.41) is 0. The van der Waals surface area contributed by atoms with Crippen LogP contribution in [0.4, 0.5) is 0 Å². The zero-order valence-electron chi connectivity index (χ0n) is 23.1. The molecule has 0 fully saturated rings. The summed E-state index contributed by atoms with van der Waals surface area (Å²) in [6, 6.07) is 2.20. The van der Waals surface area contributed by atoms with E-state index in [1.807, 2.05) is 0 Å². The van der Waals surface area contributed by atoms with E-state index in [1.165, 1.54) is 72.7 Å². The van der Waals surface area contributed by atoms with Crippen molar-refractivity contribution in [3.8, 4) is 0 Å². The predicted molar refractivity (Wildman–Crippen MR) is 155 cm³/mol. The third-order valence-electron chi connectivity index (χ3n) is 7.87. The second kappa shape index (κ2) is 10.0. The molecular weight excluding hydrogens is 425 g/mol. The van der Waals surface area contributed by atoms with Crippen LogP contribution in [0.3, 0.4) is 0 Å². The monoisotopic (exact) mass is 465 g/mol. The fourth-order valence-corrected chi connectivity index (χ4v) is 5.85. The molecule has 4 heteroatoms. The SMILES string of the molecule is CCC1=C(C)/C(=C/c2[nH]c(CC3=N/C(=C\c4[nH]c(C)cc4C)C(CC)=C3C)c(CC)c2C)B=C1C. The van der Waals surface area contributed by atoms with Crippen LogP contribution in [0, 0.1) is 20.8 Å². The fraction of sp³-hybridized carbons (Fsp3) is 0.419. The number of allylic oxidation sites excluding steroid dienone is 5. The third kappa shape index (κ3) is 4.68. The molecule has 0 unspecified atom stereocenters. The van der Waals surface area contributed by atoms with Crippen molar-refractivity contribution in [2.24, 2.45) is 4.99 Å². The van der Waals surface area contributed by atoms with E-state index < -0.39 is 0 Å². The Kier molecular flexibility index (Phi) is 7.21. The van der Waals surface area contributed by atoms with Crippen molar-refractivity contribution in [3.05, 3.63) is 79.0 Å². The van der Waals surface area contributed by atoms with Crippen LogP contribution in [0.15, 0.2) is 44.5 Å². The van der Waals surface area contributed by atoms with Gasteiger partial charge in [0.1, 0.15) is 0 Å². The molecule has 4 rings (SSSR count). The first kappa shape index (κ1) is 25.2. The number of hydrogen-bond acceptors (Lipinski definition) is 1. The van der Waals surface area contributed by atoms with Crippen LogP contribution in [0.1, 0.15) is 93.9 Å². The Balaban J connectivity index is 1.70. The topological polar surface area (TPSA) is 43.9 Å². The summed E-state index contributed by atoms with van der Waals surface area (Å²) in [5.74, 6) is 0. The van der Waals surface area contributed by atoms with Crippen LogP contribution in [0.5, 0.6) is 0 Å². The molecule has 0 saturated heterocycles. The fourth-order valence-electron chi connectivity index (χ4n) is 5.85. The Morgan fingerprint density at radius 3 is 2.11 bits per heavy atom. The molecule has 35 heavy (non-hydrogen) atoms. The molecule has 3 nitrogen and oxygen atoms in total. The Hall–Kier alpha value is -2.88. The first-order valence-corrected chi connectivity index (χ1v) is 13.1. The van der Waals surface area contributed by atoms with Gasteiger partial charge in [-0.3, -0.25) is 0 Å². The Morgan fingerprint density at radius 1 is 0.829 bits per heavy atom. The molecule has 2 aromatic rings. The van der Waals surface area contributed by atoms with Gasteiger partial charge in [-0.05, 0) is 19.9 Å². The van der Waals surface area contributed by atoms with Crippen molar-refractivity contribution in [2.75, 3.05) is 0 Å². The number of hydrogen-bond donors (Lipinski definition) is 2. The summed E-state index contributed by atoms with van der Waals surface area (Å²) in [7, 11) is 0. The summed E-state index contributed by atoms with van der Waals surface area (Å²) < 4.78 is 0. The predicted octanol–water partition coefficient (Wildman–Crippen LogP) is 7.57. The number of aromatic amines is 2. The summed E-state index contributed by atoms with van der Waals surface area (Å²) in [5.41, 5.74) is 19.5. The number of H-pyrrole nitrogens is 2. The molecule has 0 spiro atoms. The molecule has 0 amide bonds. The van der Waals surface area contributed by atoms with Crippen LogP contribution in [0.2, 0.25) is 0 Å². The van der Waals surface area contributed by atoms with Crippen LogP contribution >= 0.6 is 0 Å². The van der Waals surface area contributed by atoms with E-state index in [4.69, 9.17) is 4.99 Å². The normalized spacial score (nSPS) is 18.3. The minimum atomic E-state index is 0.840. The molecule has 0 aliphatic carbocycles. The van der Waals surface area contributed by atoms with Crippen LogP contribution in [-0.2, 0) is 12.8 Å². The number of aryl methyl sites for hydroxylation is 2. The van der Waals surface area contributed by atoms with E-state index in [0.29, 0.717) is 0 Å². The van der Waals surface area contributed by atoms with Crippen LogP contribution in [0.25, 0.3) is 12.2 Å². The molecule has 0 radical (unpaired) electrons. The van der Waals surface area contributed by atoms with Gasteiger partial charge in [0.2, 0.25) is 0 Å². The molecule has 2 aliphatic rings. The summed E-state index contributed by atoms with van der Waals surface area (Å²) >= 11 is 0. The van der Waals surface area contributed by atoms with Gasteiger partial charge in [0.15, 0.2) is 0 Å². The molecule has 4 heterocycles. The Morgan fingerprint density at radius 2 is 1.54 bits per heavy atom. The molecule has 0 saturated carbocycles. The third-order valence-corrected chi connectivity index (χ3v) is 7.87. The van der Waals surface area contributed by atoms with Gasteiger partial charge < -0.3 is 0 Å². The van der Waals surface area contributed by atoms with E-state index >= 15 is 0 Å². The van der Waals surface area contributed by atoms with Crippen molar-refractivity contribution in [2.45, 2.75) is 88.0 Å². The maximum absolute atomic E-state index is 5.15. The molecule has 2 aliphatic heterocycles. The molecule has 182 valence electrons. The summed E-state index contributed by atoms with van der Waals surface area (Å²) in [6.45, 7) is 22.3. The first-order valence-electron chi connectivity index (χ1n) is 13.1. The second-order valence-corrected chi connectivity index (χ2v) is 10.1. The molecule has 0 aromatic carbocycles. The van der Waals surface area contributed by atoms with E-state index in [9.17, 15) is 0 Å². The molecule has 0 atom stereocenters. The van der Waals surface area contributed by atoms with Crippen LogP contribution in [-0.4, -0.2) is 28.1 Å². The molecule has 2 aromatic heterocycles. The van der Waals surface area contributed by atoms with Crippen molar-refractivity contribution in [3.63, 3.8) is 0 Å². The number of aromatic nitrogens is 2. The zero-order chi connectivity index (χ0) is 25.4. The van der Waals surface area contributed by atoms with Crippen molar-refractivity contribution in [1.29, 1.82) is 0 Å². The molecular formula is C31H40BN3. The van der Waals surface area contributed by atoms with Crippen molar-refractivity contribution in [1.82, 2.24) is 9.97 Å². The average Bonchev–Trinajstić information content (AvgIpc) is 3.47. The number of nitrogens with one attached hydrogen (secondary N) is 2. The number of aliphatic imine (C=N–C) groups is 1. The van der Waals surface area contributed by atoms with Gasteiger partial charge in [-0.15, -0.1) is 0 Å². The standard InChI is InChI=1S/C31H40BN3/c1-10-23-19(6)26(32-22(23)9)14-28-20(7)24(11-2)31(34-28)16-29-21(8)25(12-3)30(35-29)15-27-17(4)13-18(5)33-27/h13-15,33-34H,10-12,16H2,1-9H3/b26-14-,30-15-. The molecule has 2 N–H and O–H groups in total. The number of nitrogens with zero attached hydrogens (tertiary/aromatic N) is 1. The Labute approximate surface area is 212 Å². The van der Waals surface area contributed by atoms with Crippen molar-refractivity contribution < 1.29 is 0 Å². The van der Waals surface area contributed by atoms with E-state index in [1.54, 1.807) is 0 Å². The quantitative estimate of drug-likeness (QED) is 0.396. The van der Waals surface area contributed by atoms with Gasteiger partial charge >= 0.3 is 187 Å². The van der Waals surface area contributed by atoms with Gasteiger partial charge in [-0.25, -0.2) is 0 Å². The van der Waals surface area contributed by atoms with Gasteiger partial charge in [-0.1, -0.05) is 0 Å².